The predicted molar refractivity (Wildman–Crippen MR) is 86.8 cm³/mol. The molecule has 0 amide bonds. The van der Waals surface area contributed by atoms with Crippen molar-refractivity contribution in [3.05, 3.63) is 16.4 Å². The summed E-state index contributed by atoms with van der Waals surface area (Å²) < 4.78 is 1.83. The van der Waals surface area contributed by atoms with Crippen LogP contribution in [0.15, 0.2) is 0 Å². The molecule has 1 aliphatic rings. The van der Waals surface area contributed by atoms with Gasteiger partial charge in [0.15, 0.2) is 0 Å². The molecule has 1 saturated carbocycles. The Morgan fingerprint density at radius 1 is 1.33 bits per heavy atom. The molecule has 1 unspecified atom stereocenters. The standard InChI is InChI=1S/C16H28ClN3O/c1-5-12-15(17)13(20(4)18-12)11-14(21)16(19(2)3)9-7-6-8-10-16/h14,21H,5-11H2,1-4H3. The molecule has 5 heteroatoms. The molecular weight excluding hydrogens is 286 g/mol. The van der Waals surface area contributed by atoms with Gasteiger partial charge < -0.3 is 10.0 Å². The van der Waals surface area contributed by atoms with Crippen molar-refractivity contribution in [2.75, 3.05) is 14.1 Å². The highest BCUT2D eigenvalue weighted by Gasteiger charge is 2.41. The van der Waals surface area contributed by atoms with Gasteiger partial charge in [0.2, 0.25) is 0 Å². The van der Waals surface area contributed by atoms with Crippen LogP contribution >= 0.6 is 11.6 Å². The van der Waals surface area contributed by atoms with Gasteiger partial charge in [-0.3, -0.25) is 4.68 Å². The summed E-state index contributed by atoms with van der Waals surface area (Å²) in [6.07, 6.45) is 6.74. The Labute approximate surface area is 133 Å². The van der Waals surface area contributed by atoms with Crippen LogP contribution in [-0.2, 0) is 19.9 Å². The minimum Gasteiger partial charge on any atom is -0.391 e. The van der Waals surface area contributed by atoms with E-state index in [2.05, 4.69) is 31.0 Å². The van der Waals surface area contributed by atoms with Crippen molar-refractivity contribution in [3.63, 3.8) is 0 Å². The molecule has 0 aliphatic heterocycles. The molecule has 0 bridgehead atoms. The van der Waals surface area contributed by atoms with Gasteiger partial charge in [0.1, 0.15) is 0 Å². The molecule has 1 fully saturated rings. The number of aryl methyl sites for hydroxylation is 2. The highest BCUT2D eigenvalue weighted by molar-refractivity contribution is 6.31. The Morgan fingerprint density at radius 3 is 2.43 bits per heavy atom. The normalized spacial score (nSPS) is 20.0. The van der Waals surface area contributed by atoms with Gasteiger partial charge in [-0.05, 0) is 33.4 Å². The van der Waals surface area contributed by atoms with Crippen LogP contribution in [0.5, 0.6) is 0 Å². The van der Waals surface area contributed by atoms with Gasteiger partial charge >= 0.3 is 0 Å². The topological polar surface area (TPSA) is 41.3 Å². The molecule has 0 saturated heterocycles. The lowest BCUT2D eigenvalue weighted by atomic mass is 9.75. The average Bonchev–Trinajstić information content (AvgIpc) is 2.75. The first-order valence-electron chi connectivity index (χ1n) is 7.98. The van der Waals surface area contributed by atoms with Gasteiger partial charge in [0, 0.05) is 19.0 Å². The molecule has 1 N–H and O–H groups in total. The van der Waals surface area contributed by atoms with E-state index in [4.69, 9.17) is 11.6 Å². The highest BCUT2D eigenvalue weighted by atomic mass is 35.5. The van der Waals surface area contributed by atoms with Gasteiger partial charge in [-0.2, -0.15) is 5.10 Å². The number of rotatable bonds is 5. The Bertz CT molecular complexity index is 478. The van der Waals surface area contributed by atoms with Gasteiger partial charge in [-0.15, -0.1) is 0 Å². The Hall–Kier alpha value is -0.580. The van der Waals surface area contributed by atoms with Crippen LogP contribution in [0.4, 0.5) is 0 Å². The van der Waals surface area contributed by atoms with E-state index in [-0.39, 0.29) is 5.54 Å². The Morgan fingerprint density at radius 2 is 1.95 bits per heavy atom. The lowest BCUT2D eigenvalue weighted by molar-refractivity contribution is -0.0318. The first-order chi connectivity index (χ1) is 9.92. The van der Waals surface area contributed by atoms with E-state index < -0.39 is 6.10 Å². The zero-order chi connectivity index (χ0) is 15.6. The zero-order valence-electron chi connectivity index (χ0n) is 13.7. The van der Waals surface area contributed by atoms with Crippen molar-refractivity contribution in [3.8, 4) is 0 Å². The minimum absolute atomic E-state index is 0.127. The lowest BCUT2D eigenvalue weighted by Gasteiger charge is -2.46. The third-order valence-corrected chi connectivity index (χ3v) is 5.56. The molecule has 1 aliphatic carbocycles. The molecular formula is C16H28ClN3O. The van der Waals surface area contributed by atoms with E-state index in [9.17, 15) is 5.11 Å². The molecule has 0 radical (unpaired) electrons. The van der Waals surface area contributed by atoms with E-state index in [1.165, 1.54) is 19.3 Å². The molecule has 1 aromatic heterocycles. The summed E-state index contributed by atoms with van der Waals surface area (Å²) >= 11 is 6.43. The van der Waals surface area contributed by atoms with Crippen LogP contribution in [-0.4, -0.2) is 45.5 Å². The van der Waals surface area contributed by atoms with Crippen LogP contribution in [0.2, 0.25) is 5.02 Å². The number of aliphatic hydroxyl groups is 1. The highest BCUT2D eigenvalue weighted by Crippen LogP contribution is 2.37. The maximum Gasteiger partial charge on any atom is 0.0850 e. The van der Waals surface area contributed by atoms with Gasteiger partial charge in [-0.25, -0.2) is 0 Å². The van der Waals surface area contributed by atoms with E-state index in [1.807, 2.05) is 11.7 Å². The fraction of sp³-hybridized carbons (Fsp3) is 0.812. The fourth-order valence-electron chi connectivity index (χ4n) is 3.66. The Balaban J connectivity index is 2.23. The number of nitrogens with zero attached hydrogens (tertiary/aromatic N) is 3. The van der Waals surface area contributed by atoms with Gasteiger partial charge in [-0.1, -0.05) is 37.8 Å². The summed E-state index contributed by atoms with van der Waals surface area (Å²) in [7, 11) is 6.07. The van der Waals surface area contributed by atoms with Crippen LogP contribution in [0.25, 0.3) is 0 Å². The second-order valence-corrected chi connectivity index (χ2v) is 6.84. The molecule has 1 aromatic rings. The number of hydrogen-bond acceptors (Lipinski definition) is 3. The lowest BCUT2D eigenvalue weighted by Crippen LogP contribution is -2.55. The molecule has 2 rings (SSSR count). The molecule has 1 atom stereocenters. The number of hydrogen-bond donors (Lipinski definition) is 1. The molecule has 0 aromatic carbocycles. The second-order valence-electron chi connectivity index (χ2n) is 6.46. The number of halogens is 1. The van der Waals surface area contributed by atoms with Gasteiger partial charge in [0.25, 0.3) is 0 Å². The van der Waals surface area contributed by atoms with Gasteiger partial charge in [0.05, 0.1) is 22.5 Å². The van der Waals surface area contributed by atoms with Crippen molar-refractivity contribution >= 4 is 11.6 Å². The van der Waals surface area contributed by atoms with Crippen LogP contribution in [0.1, 0.15) is 50.4 Å². The SMILES string of the molecule is CCc1nn(C)c(CC(O)C2(N(C)C)CCCCC2)c1Cl. The number of aliphatic hydroxyl groups excluding tert-OH is 1. The number of aromatic nitrogens is 2. The first-order valence-corrected chi connectivity index (χ1v) is 8.36. The predicted octanol–water partition coefficient (Wildman–Crippen LogP) is 2.80. The maximum absolute atomic E-state index is 10.9. The molecule has 1 heterocycles. The van der Waals surface area contributed by atoms with Crippen molar-refractivity contribution in [2.45, 2.75) is 63.5 Å². The largest absolute Gasteiger partial charge is 0.391 e. The van der Waals surface area contributed by atoms with E-state index in [0.717, 1.165) is 35.7 Å². The van der Waals surface area contributed by atoms with Crippen molar-refractivity contribution < 1.29 is 5.11 Å². The third kappa shape index (κ3) is 3.13. The summed E-state index contributed by atoms with van der Waals surface area (Å²) in [6.45, 7) is 2.05. The quantitative estimate of drug-likeness (QED) is 0.909. The van der Waals surface area contributed by atoms with E-state index >= 15 is 0 Å². The summed E-state index contributed by atoms with van der Waals surface area (Å²) in [5, 5.41) is 16.1. The second kappa shape index (κ2) is 6.67. The molecule has 4 nitrogen and oxygen atoms in total. The van der Waals surface area contributed by atoms with E-state index in [1.54, 1.807) is 0 Å². The molecule has 0 spiro atoms. The average molecular weight is 314 g/mol. The van der Waals surface area contributed by atoms with Crippen molar-refractivity contribution in [1.82, 2.24) is 14.7 Å². The summed E-state index contributed by atoms with van der Waals surface area (Å²) in [4.78, 5) is 2.21. The zero-order valence-corrected chi connectivity index (χ0v) is 14.4. The molecule has 120 valence electrons. The smallest absolute Gasteiger partial charge is 0.0850 e. The summed E-state index contributed by atoms with van der Waals surface area (Å²) in [5.74, 6) is 0. The van der Waals surface area contributed by atoms with Crippen LogP contribution in [0, 0.1) is 0 Å². The number of likely N-dealkylation sites (N-methyl/N-ethyl adjacent to an activating group) is 1. The van der Waals surface area contributed by atoms with Crippen molar-refractivity contribution in [2.24, 2.45) is 7.05 Å². The minimum atomic E-state index is -0.412. The van der Waals surface area contributed by atoms with Crippen LogP contribution < -0.4 is 0 Å². The van der Waals surface area contributed by atoms with Crippen LogP contribution in [0.3, 0.4) is 0 Å². The summed E-state index contributed by atoms with van der Waals surface area (Å²) in [5.41, 5.74) is 1.75. The van der Waals surface area contributed by atoms with Crippen molar-refractivity contribution in [1.29, 1.82) is 0 Å². The summed E-state index contributed by atoms with van der Waals surface area (Å²) in [6, 6.07) is 0. The third-order valence-electron chi connectivity index (χ3n) is 5.12. The monoisotopic (exact) mass is 313 g/mol. The first kappa shape index (κ1) is 16.8. The maximum atomic E-state index is 10.9. The van der Waals surface area contributed by atoms with E-state index in [0.29, 0.717) is 6.42 Å². The Kier molecular flexibility index (Phi) is 5.33. The fourth-order valence-corrected chi connectivity index (χ4v) is 4.03. The molecule has 21 heavy (non-hydrogen) atoms.